The lowest BCUT2D eigenvalue weighted by atomic mass is 10.2. The monoisotopic (exact) mass is 377 g/mol. The molecule has 3 aromatic rings. The Morgan fingerprint density at radius 1 is 0.895 bits per heavy atom. The van der Waals surface area contributed by atoms with Gasteiger partial charge in [-0.2, -0.15) is 0 Å². The van der Waals surface area contributed by atoms with Crippen molar-refractivity contribution in [3.63, 3.8) is 0 Å². The molecule has 1 heterocycles. The number of ether oxygens (including phenoxy) is 1. The fourth-order valence-electron chi connectivity index (χ4n) is 1.87. The number of halogens is 2. The molecule has 4 heteroatoms. The largest absolute Gasteiger partial charge is 0.438 e. The molecule has 3 rings (SSSR count). The zero-order valence-electron chi connectivity index (χ0n) is 9.81. The molecule has 0 bridgehead atoms. The molecule has 0 aliphatic heterocycles. The Morgan fingerprint density at radius 2 is 1.74 bits per heavy atom. The third-order valence-electron chi connectivity index (χ3n) is 2.73. The van der Waals surface area contributed by atoms with Crippen molar-refractivity contribution in [1.29, 1.82) is 0 Å². The molecule has 0 amide bonds. The van der Waals surface area contributed by atoms with E-state index in [1.807, 2.05) is 48.5 Å². The Morgan fingerprint density at radius 3 is 2.58 bits per heavy atom. The second kappa shape index (κ2) is 5.31. The van der Waals surface area contributed by atoms with Crippen molar-refractivity contribution in [3.8, 4) is 11.6 Å². The molecule has 0 radical (unpaired) electrons. The van der Waals surface area contributed by atoms with Crippen LogP contribution < -0.4 is 4.74 Å². The number of fused-ring (bicyclic) bond motifs is 1. The third kappa shape index (κ3) is 2.65. The van der Waals surface area contributed by atoms with E-state index in [1.165, 1.54) is 0 Å². The molecule has 0 aliphatic carbocycles. The van der Waals surface area contributed by atoms with Crippen molar-refractivity contribution in [3.05, 3.63) is 63.7 Å². The fraction of sp³-hybridized carbons (Fsp3) is 0. The van der Waals surface area contributed by atoms with E-state index in [-0.39, 0.29) is 0 Å². The van der Waals surface area contributed by atoms with Gasteiger partial charge in [0.05, 0.1) is 0 Å². The minimum atomic E-state index is 0.608. The summed E-state index contributed by atoms with van der Waals surface area (Å²) in [5.41, 5.74) is 0. The number of aromatic nitrogens is 1. The zero-order valence-corrected chi connectivity index (χ0v) is 13.0. The summed E-state index contributed by atoms with van der Waals surface area (Å²) in [6.07, 6.45) is 1.75. The van der Waals surface area contributed by atoms with E-state index in [4.69, 9.17) is 4.74 Å². The van der Waals surface area contributed by atoms with Crippen LogP contribution >= 0.6 is 31.9 Å². The molecule has 0 atom stereocenters. The Balaban J connectivity index is 2.08. The lowest BCUT2D eigenvalue weighted by Crippen LogP contribution is -1.89. The summed E-state index contributed by atoms with van der Waals surface area (Å²) in [5, 5.41) is 2.07. The normalized spacial score (nSPS) is 10.6. The lowest BCUT2D eigenvalue weighted by molar-refractivity contribution is 0.469. The maximum Gasteiger partial charge on any atom is 0.227 e. The van der Waals surface area contributed by atoms with Gasteiger partial charge in [-0.05, 0) is 36.4 Å². The predicted octanol–water partition coefficient (Wildman–Crippen LogP) is 5.55. The Kier molecular flexibility index (Phi) is 3.53. The van der Waals surface area contributed by atoms with Gasteiger partial charge in [0.2, 0.25) is 5.88 Å². The number of nitrogens with zero attached hydrogens (tertiary/aromatic N) is 1. The summed E-state index contributed by atoms with van der Waals surface area (Å²) in [4.78, 5) is 4.31. The van der Waals surface area contributed by atoms with Crippen molar-refractivity contribution in [1.82, 2.24) is 4.98 Å². The van der Waals surface area contributed by atoms with Gasteiger partial charge >= 0.3 is 0 Å². The van der Waals surface area contributed by atoms with Crippen molar-refractivity contribution >= 4 is 42.6 Å². The van der Waals surface area contributed by atoms with Crippen LogP contribution in [0.15, 0.2) is 63.7 Å². The van der Waals surface area contributed by atoms with Gasteiger partial charge in [0.15, 0.2) is 0 Å². The summed E-state index contributed by atoms with van der Waals surface area (Å²) >= 11 is 6.97. The SMILES string of the molecule is Brc1cccc(Oc2nccc3c(Br)cccc23)c1. The molecular formula is C15H9Br2NO. The Labute approximate surface area is 127 Å². The van der Waals surface area contributed by atoms with Gasteiger partial charge in [0.25, 0.3) is 0 Å². The topological polar surface area (TPSA) is 22.1 Å². The quantitative estimate of drug-likeness (QED) is 0.583. The number of hydrogen-bond acceptors (Lipinski definition) is 2. The molecular weight excluding hydrogens is 370 g/mol. The van der Waals surface area contributed by atoms with Gasteiger partial charge in [-0.1, -0.05) is 44.0 Å². The summed E-state index contributed by atoms with van der Waals surface area (Å²) in [6, 6.07) is 15.7. The molecule has 19 heavy (non-hydrogen) atoms. The molecule has 1 aromatic heterocycles. The highest BCUT2D eigenvalue weighted by Gasteiger charge is 2.07. The van der Waals surface area contributed by atoms with Crippen LogP contribution in [0.3, 0.4) is 0 Å². The lowest BCUT2D eigenvalue weighted by Gasteiger charge is -2.08. The predicted molar refractivity (Wildman–Crippen MR) is 83.7 cm³/mol. The number of hydrogen-bond donors (Lipinski definition) is 0. The van der Waals surface area contributed by atoms with E-state index in [9.17, 15) is 0 Å². The summed E-state index contributed by atoms with van der Waals surface area (Å²) in [7, 11) is 0. The smallest absolute Gasteiger partial charge is 0.227 e. The molecule has 0 aliphatic rings. The maximum absolute atomic E-state index is 5.87. The van der Waals surface area contributed by atoms with E-state index in [2.05, 4.69) is 36.8 Å². The molecule has 2 nitrogen and oxygen atoms in total. The van der Waals surface area contributed by atoms with Crippen LogP contribution in [0, 0.1) is 0 Å². The minimum absolute atomic E-state index is 0.608. The first-order chi connectivity index (χ1) is 9.24. The van der Waals surface area contributed by atoms with Crippen LogP contribution in [-0.4, -0.2) is 4.98 Å². The molecule has 0 saturated heterocycles. The van der Waals surface area contributed by atoms with Crippen LogP contribution in [-0.2, 0) is 0 Å². The van der Waals surface area contributed by atoms with Crippen LogP contribution in [0.4, 0.5) is 0 Å². The number of pyridine rings is 1. The van der Waals surface area contributed by atoms with Gasteiger partial charge in [-0.3, -0.25) is 0 Å². The second-order valence-corrected chi connectivity index (χ2v) is 5.78. The number of rotatable bonds is 2. The fourth-order valence-corrected chi connectivity index (χ4v) is 2.74. The maximum atomic E-state index is 5.87. The second-order valence-electron chi connectivity index (χ2n) is 4.01. The summed E-state index contributed by atoms with van der Waals surface area (Å²) < 4.78 is 7.88. The molecule has 2 aromatic carbocycles. The third-order valence-corrected chi connectivity index (χ3v) is 3.91. The number of benzene rings is 2. The first kappa shape index (κ1) is 12.6. The van der Waals surface area contributed by atoms with E-state index in [1.54, 1.807) is 6.20 Å². The van der Waals surface area contributed by atoms with E-state index >= 15 is 0 Å². The average molecular weight is 379 g/mol. The van der Waals surface area contributed by atoms with Gasteiger partial charge < -0.3 is 4.74 Å². The van der Waals surface area contributed by atoms with Crippen molar-refractivity contribution in [2.45, 2.75) is 0 Å². The average Bonchev–Trinajstić information content (AvgIpc) is 2.40. The van der Waals surface area contributed by atoms with E-state index in [0.29, 0.717) is 5.88 Å². The molecule has 0 N–H and O–H groups in total. The molecule has 0 fully saturated rings. The Bertz CT molecular complexity index is 743. The summed E-state index contributed by atoms with van der Waals surface area (Å²) in [6.45, 7) is 0. The van der Waals surface area contributed by atoms with Crippen molar-refractivity contribution < 1.29 is 4.74 Å². The van der Waals surface area contributed by atoms with Gasteiger partial charge in [-0.25, -0.2) is 4.98 Å². The first-order valence-corrected chi connectivity index (χ1v) is 7.29. The molecule has 0 spiro atoms. The van der Waals surface area contributed by atoms with E-state index in [0.717, 1.165) is 25.5 Å². The standard InChI is InChI=1S/C15H9Br2NO/c16-10-3-1-4-11(9-10)19-15-13-5-2-6-14(17)12(13)7-8-18-15/h1-9H. The van der Waals surface area contributed by atoms with Gasteiger partial charge in [-0.15, -0.1) is 0 Å². The highest BCUT2D eigenvalue weighted by atomic mass is 79.9. The highest BCUT2D eigenvalue weighted by Crippen LogP contribution is 2.32. The van der Waals surface area contributed by atoms with Crippen LogP contribution in [0.25, 0.3) is 10.8 Å². The van der Waals surface area contributed by atoms with E-state index < -0.39 is 0 Å². The first-order valence-electron chi connectivity index (χ1n) is 5.71. The van der Waals surface area contributed by atoms with Crippen molar-refractivity contribution in [2.24, 2.45) is 0 Å². The van der Waals surface area contributed by atoms with Crippen molar-refractivity contribution in [2.75, 3.05) is 0 Å². The zero-order chi connectivity index (χ0) is 13.2. The Hall–Kier alpha value is -1.39. The van der Waals surface area contributed by atoms with Gasteiger partial charge in [0, 0.05) is 25.9 Å². The van der Waals surface area contributed by atoms with Crippen LogP contribution in [0.5, 0.6) is 11.6 Å². The molecule has 0 saturated carbocycles. The summed E-state index contributed by atoms with van der Waals surface area (Å²) in [5.74, 6) is 1.37. The highest BCUT2D eigenvalue weighted by molar-refractivity contribution is 9.11. The van der Waals surface area contributed by atoms with Crippen LogP contribution in [0.1, 0.15) is 0 Å². The van der Waals surface area contributed by atoms with Gasteiger partial charge in [0.1, 0.15) is 5.75 Å². The minimum Gasteiger partial charge on any atom is -0.438 e. The molecule has 0 unspecified atom stereocenters. The van der Waals surface area contributed by atoms with Crippen LogP contribution in [0.2, 0.25) is 0 Å². The molecule has 94 valence electrons.